The van der Waals surface area contributed by atoms with Gasteiger partial charge in [-0.05, 0) is 19.1 Å². The van der Waals surface area contributed by atoms with Crippen molar-refractivity contribution in [3.63, 3.8) is 0 Å². The van der Waals surface area contributed by atoms with E-state index in [0.29, 0.717) is 13.0 Å². The average Bonchev–Trinajstić information content (AvgIpc) is 2.88. The van der Waals surface area contributed by atoms with Gasteiger partial charge < -0.3 is 19.5 Å². The molecule has 1 aromatic heterocycles. The number of carboxylic acid groups (broad SMARTS) is 1. The van der Waals surface area contributed by atoms with E-state index >= 15 is 0 Å². The summed E-state index contributed by atoms with van der Waals surface area (Å²) in [4.78, 5) is 15.1. The van der Waals surface area contributed by atoms with Crippen molar-refractivity contribution in [2.24, 2.45) is 7.05 Å². The molecule has 25 heavy (non-hydrogen) atoms. The van der Waals surface area contributed by atoms with Crippen LogP contribution in [0.2, 0.25) is 0 Å². The van der Waals surface area contributed by atoms with Crippen molar-refractivity contribution in [1.29, 1.82) is 0 Å². The van der Waals surface area contributed by atoms with Gasteiger partial charge in [0, 0.05) is 18.8 Å². The lowest BCUT2D eigenvalue weighted by Crippen LogP contribution is -2.31. The summed E-state index contributed by atoms with van der Waals surface area (Å²) >= 11 is 0. The summed E-state index contributed by atoms with van der Waals surface area (Å²) < 4.78 is 58.4. The van der Waals surface area contributed by atoms with Gasteiger partial charge in [0.15, 0.2) is 6.10 Å². The van der Waals surface area contributed by atoms with Crippen LogP contribution in [0.4, 0.5) is 17.6 Å². The van der Waals surface area contributed by atoms with Crippen LogP contribution in [-0.2, 0) is 13.7 Å². The maximum absolute atomic E-state index is 14.2. The number of aliphatic hydroxyl groups excluding tert-OH is 1. The molecule has 0 saturated heterocycles. The third-order valence-electron chi connectivity index (χ3n) is 3.45. The number of ether oxygens (including phenoxy) is 1. The zero-order valence-corrected chi connectivity index (χ0v) is 13.1. The molecule has 0 saturated carbocycles. The van der Waals surface area contributed by atoms with Crippen molar-refractivity contribution in [3.8, 4) is 17.0 Å². The molecule has 2 aromatic rings. The van der Waals surface area contributed by atoms with Crippen LogP contribution in [0.25, 0.3) is 11.3 Å². The first-order chi connectivity index (χ1) is 11.5. The van der Waals surface area contributed by atoms with Crippen LogP contribution in [0, 0.1) is 5.82 Å². The molecule has 0 fully saturated rings. The number of nitrogens with zero attached hydrogens (tertiary/aromatic N) is 2. The normalized spacial score (nSPS) is 12.9. The molecule has 136 valence electrons. The van der Waals surface area contributed by atoms with Gasteiger partial charge in [0.2, 0.25) is 0 Å². The average molecular weight is 362 g/mol. The van der Waals surface area contributed by atoms with Crippen molar-refractivity contribution >= 4 is 5.97 Å². The highest BCUT2D eigenvalue weighted by Crippen LogP contribution is 2.33. The number of carboxylic acids is 1. The topological polar surface area (TPSA) is 84.6 Å². The highest BCUT2D eigenvalue weighted by Gasteiger charge is 2.39. The summed E-state index contributed by atoms with van der Waals surface area (Å²) in [6.45, 7) is 0.277. The van der Waals surface area contributed by atoms with Gasteiger partial charge >= 0.3 is 12.1 Å². The van der Waals surface area contributed by atoms with E-state index in [4.69, 9.17) is 14.9 Å². The fourth-order valence-electron chi connectivity index (χ4n) is 2.05. The molecule has 6 nitrogen and oxygen atoms in total. The molecule has 10 heteroatoms. The monoisotopic (exact) mass is 362 g/mol. The van der Waals surface area contributed by atoms with Crippen LogP contribution in [0.3, 0.4) is 0 Å². The van der Waals surface area contributed by atoms with Gasteiger partial charge in [0.25, 0.3) is 0 Å². The van der Waals surface area contributed by atoms with E-state index in [0.717, 1.165) is 6.07 Å². The quantitative estimate of drug-likeness (QED) is 0.799. The van der Waals surface area contributed by atoms with Gasteiger partial charge in [-0.2, -0.15) is 13.2 Å². The Hall–Kier alpha value is -2.62. The highest BCUT2D eigenvalue weighted by atomic mass is 19.4. The predicted molar refractivity (Wildman–Crippen MR) is 77.6 cm³/mol. The highest BCUT2D eigenvalue weighted by molar-refractivity contribution is 5.92. The molecule has 1 aromatic carbocycles. The van der Waals surface area contributed by atoms with Crippen molar-refractivity contribution < 1.29 is 37.3 Å². The first kappa shape index (κ1) is 18.7. The summed E-state index contributed by atoms with van der Waals surface area (Å²) in [5, 5.41) is 18.2. The number of hydrogen-bond acceptors (Lipinski definition) is 4. The zero-order chi connectivity index (χ0) is 18.9. The van der Waals surface area contributed by atoms with Crippen LogP contribution in [0.5, 0.6) is 5.75 Å². The summed E-state index contributed by atoms with van der Waals surface area (Å²) in [5.41, 5.74) is -0.967. The molecule has 1 atom stereocenters. The third-order valence-corrected chi connectivity index (χ3v) is 3.45. The standard InChI is InChI=1S/C15H14F4N2O4/c1-7(15(17,18)19)25-12-4-8(10(16)3-9(12)14(23)24)11-5-21(2)13(6-22)20-11/h3-5,7,22H,6H2,1-2H3,(H,23,24). The third kappa shape index (κ3) is 3.90. The number of aryl methyl sites for hydroxylation is 1. The second-order valence-electron chi connectivity index (χ2n) is 5.25. The Morgan fingerprint density at radius 1 is 1.40 bits per heavy atom. The Kier molecular flexibility index (Phi) is 5.02. The molecule has 0 amide bonds. The van der Waals surface area contributed by atoms with Crippen molar-refractivity contribution in [2.45, 2.75) is 25.8 Å². The van der Waals surface area contributed by atoms with Crippen molar-refractivity contribution in [3.05, 3.63) is 35.5 Å². The number of carbonyl (C=O) groups is 1. The molecular formula is C15H14F4N2O4. The first-order valence-corrected chi connectivity index (χ1v) is 6.98. The Balaban J connectivity index is 2.55. The summed E-state index contributed by atoms with van der Waals surface area (Å²) in [6.07, 6.45) is -5.67. The predicted octanol–water partition coefficient (Wildman–Crippen LogP) is 2.75. The molecule has 0 spiro atoms. The second kappa shape index (κ2) is 6.71. The number of alkyl halides is 3. The minimum Gasteiger partial charge on any atom is -0.480 e. The maximum Gasteiger partial charge on any atom is 0.425 e. The number of rotatable bonds is 5. The number of aromatic nitrogens is 2. The van der Waals surface area contributed by atoms with Crippen LogP contribution < -0.4 is 4.74 Å². The Bertz CT molecular complexity index is 802. The van der Waals surface area contributed by atoms with Crippen LogP contribution >= 0.6 is 0 Å². The molecule has 0 radical (unpaired) electrons. The minimum atomic E-state index is -4.72. The first-order valence-electron chi connectivity index (χ1n) is 6.98. The van der Waals surface area contributed by atoms with Gasteiger partial charge in [0.1, 0.15) is 29.6 Å². The Morgan fingerprint density at radius 2 is 2.04 bits per heavy atom. The molecule has 0 bridgehead atoms. The van der Waals surface area contributed by atoms with Gasteiger partial charge in [-0.1, -0.05) is 0 Å². The largest absolute Gasteiger partial charge is 0.480 e. The van der Waals surface area contributed by atoms with Gasteiger partial charge in [-0.3, -0.25) is 0 Å². The van der Waals surface area contributed by atoms with Gasteiger partial charge in [-0.15, -0.1) is 0 Å². The summed E-state index contributed by atoms with van der Waals surface area (Å²) in [6, 6.07) is 1.42. The van der Waals surface area contributed by atoms with E-state index in [-0.39, 0.29) is 17.1 Å². The molecule has 0 aliphatic heterocycles. The Labute approximate surface area is 139 Å². The molecule has 0 aliphatic carbocycles. The van der Waals surface area contributed by atoms with E-state index < -0.39 is 42.0 Å². The molecule has 0 aliphatic rings. The van der Waals surface area contributed by atoms with Crippen LogP contribution in [0.15, 0.2) is 18.3 Å². The maximum atomic E-state index is 14.2. The van der Waals surface area contributed by atoms with Gasteiger partial charge in [0.05, 0.1) is 5.69 Å². The van der Waals surface area contributed by atoms with Gasteiger partial charge in [-0.25, -0.2) is 14.2 Å². The molecule has 1 heterocycles. The Morgan fingerprint density at radius 3 is 2.52 bits per heavy atom. The lowest BCUT2D eigenvalue weighted by molar-refractivity contribution is -0.189. The van der Waals surface area contributed by atoms with E-state index in [9.17, 15) is 22.4 Å². The number of aliphatic hydroxyl groups is 1. The fraction of sp³-hybridized carbons (Fsp3) is 0.333. The van der Waals surface area contributed by atoms with E-state index in [1.54, 1.807) is 0 Å². The zero-order valence-electron chi connectivity index (χ0n) is 13.1. The van der Waals surface area contributed by atoms with Crippen LogP contribution in [0.1, 0.15) is 23.1 Å². The molecular weight excluding hydrogens is 348 g/mol. The second-order valence-corrected chi connectivity index (χ2v) is 5.25. The molecule has 1 unspecified atom stereocenters. The van der Waals surface area contributed by atoms with E-state index in [1.807, 2.05) is 0 Å². The smallest absolute Gasteiger partial charge is 0.425 e. The number of benzene rings is 1. The van der Waals surface area contributed by atoms with Crippen molar-refractivity contribution in [2.75, 3.05) is 0 Å². The van der Waals surface area contributed by atoms with E-state index in [1.165, 1.54) is 17.8 Å². The minimum absolute atomic E-state index is 0.0190. The number of halogens is 4. The number of imidazole rings is 1. The number of hydrogen-bond donors (Lipinski definition) is 2. The molecule has 2 rings (SSSR count). The number of aromatic carboxylic acids is 1. The lowest BCUT2D eigenvalue weighted by atomic mass is 10.1. The molecule has 2 N–H and O–H groups in total. The fourth-order valence-corrected chi connectivity index (χ4v) is 2.05. The van der Waals surface area contributed by atoms with Crippen molar-refractivity contribution in [1.82, 2.24) is 9.55 Å². The van der Waals surface area contributed by atoms with Crippen LogP contribution in [-0.4, -0.2) is 38.0 Å². The lowest BCUT2D eigenvalue weighted by Gasteiger charge is -2.19. The summed E-state index contributed by atoms with van der Waals surface area (Å²) in [7, 11) is 1.54. The SMILES string of the molecule is CC(Oc1cc(-c2cn(C)c(CO)n2)c(F)cc1C(=O)O)C(F)(F)F. The summed E-state index contributed by atoms with van der Waals surface area (Å²) in [5.74, 6) is -3.06. The van der Waals surface area contributed by atoms with E-state index in [2.05, 4.69) is 4.98 Å².